The number of rotatable bonds is 5. The van der Waals surface area contributed by atoms with Crippen LogP contribution in [-0.4, -0.2) is 11.1 Å². The molecular weight excluding hydrogens is 140 g/mol. The van der Waals surface area contributed by atoms with E-state index in [1.807, 2.05) is 13.0 Å². The van der Waals surface area contributed by atoms with Gasteiger partial charge in [-0.05, 0) is 19.8 Å². The number of allylic oxidation sites excluding steroid dienone is 1. The average molecular weight is 156 g/mol. The van der Waals surface area contributed by atoms with E-state index in [1.165, 1.54) is 0 Å². The minimum atomic E-state index is -0.728. The van der Waals surface area contributed by atoms with Crippen molar-refractivity contribution in [3.63, 3.8) is 0 Å². The number of hydrogen-bond acceptors (Lipinski definition) is 1. The molecule has 11 heavy (non-hydrogen) atoms. The van der Waals surface area contributed by atoms with E-state index in [9.17, 15) is 4.79 Å². The number of aliphatic carboxylic acids is 1. The van der Waals surface area contributed by atoms with Gasteiger partial charge in [-0.15, -0.1) is 0 Å². The second-order valence-corrected chi connectivity index (χ2v) is 2.62. The van der Waals surface area contributed by atoms with E-state index in [4.69, 9.17) is 5.11 Å². The van der Waals surface area contributed by atoms with Gasteiger partial charge in [0, 0.05) is 0 Å². The van der Waals surface area contributed by atoms with Gasteiger partial charge in [0.1, 0.15) is 0 Å². The van der Waals surface area contributed by atoms with Crippen LogP contribution >= 0.6 is 0 Å². The van der Waals surface area contributed by atoms with Crippen LogP contribution in [0.4, 0.5) is 0 Å². The lowest BCUT2D eigenvalue weighted by Gasteiger charge is -2.01. The van der Waals surface area contributed by atoms with Gasteiger partial charge >= 0.3 is 5.97 Å². The molecule has 64 valence electrons. The molecule has 0 aromatic carbocycles. The van der Waals surface area contributed by atoms with Crippen molar-refractivity contribution in [3.8, 4) is 0 Å². The fourth-order valence-corrected chi connectivity index (χ4v) is 0.933. The summed E-state index contributed by atoms with van der Waals surface area (Å²) < 4.78 is 0. The zero-order valence-corrected chi connectivity index (χ0v) is 7.26. The van der Waals surface area contributed by atoms with E-state index in [0.717, 1.165) is 24.8 Å². The van der Waals surface area contributed by atoms with E-state index in [0.29, 0.717) is 0 Å². The van der Waals surface area contributed by atoms with Crippen molar-refractivity contribution in [1.82, 2.24) is 0 Å². The van der Waals surface area contributed by atoms with Crippen LogP contribution in [0.5, 0.6) is 0 Å². The van der Waals surface area contributed by atoms with E-state index in [-0.39, 0.29) is 6.42 Å². The van der Waals surface area contributed by atoms with Crippen LogP contribution in [0.2, 0.25) is 0 Å². The summed E-state index contributed by atoms with van der Waals surface area (Å²) >= 11 is 0. The van der Waals surface area contributed by atoms with Gasteiger partial charge in [-0.1, -0.05) is 25.0 Å². The van der Waals surface area contributed by atoms with Crippen LogP contribution < -0.4 is 0 Å². The summed E-state index contributed by atoms with van der Waals surface area (Å²) in [6.07, 6.45) is 5.25. The van der Waals surface area contributed by atoms with E-state index in [1.54, 1.807) is 0 Å². The highest BCUT2D eigenvalue weighted by atomic mass is 16.4. The van der Waals surface area contributed by atoms with Gasteiger partial charge < -0.3 is 5.11 Å². The number of carbonyl (C=O) groups is 1. The van der Waals surface area contributed by atoms with Crippen molar-refractivity contribution in [1.29, 1.82) is 0 Å². The van der Waals surface area contributed by atoms with Gasteiger partial charge in [-0.3, -0.25) is 4.79 Å². The van der Waals surface area contributed by atoms with Gasteiger partial charge in [-0.2, -0.15) is 0 Å². The Kier molecular flexibility index (Phi) is 5.53. The minimum absolute atomic E-state index is 0.205. The Bertz CT molecular complexity index is 148. The van der Waals surface area contributed by atoms with Crippen LogP contribution in [0.3, 0.4) is 0 Å². The smallest absolute Gasteiger partial charge is 0.307 e. The molecule has 0 saturated carbocycles. The largest absolute Gasteiger partial charge is 0.481 e. The zero-order valence-electron chi connectivity index (χ0n) is 7.26. The maximum Gasteiger partial charge on any atom is 0.307 e. The quantitative estimate of drug-likeness (QED) is 0.621. The molecule has 0 aliphatic carbocycles. The molecule has 1 N–H and O–H groups in total. The average Bonchev–Trinajstić information content (AvgIpc) is 1.97. The summed E-state index contributed by atoms with van der Waals surface area (Å²) in [5, 5.41) is 8.47. The molecule has 0 aromatic heterocycles. The summed E-state index contributed by atoms with van der Waals surface area (Å²) in [7, 11) is 0. The third kappa shape index (κ3) is 5.64. The van der Waals surface area contributed by atoms with E-state index < -0.39 is 5.97 Å². The third-order valence-corrected chi connectivity index (χ3v) is 1.64. The number of unbranched alkanes of at least 4 members (excludes halogenated alkanes) is 1. The maximum absolute atomic E-state index is 10.3. The van der Waals surface area contributed by atoms with E-state index >= 15 is 0 Å². The molecule has 0 aliphatic heterocycles. The van der Waals surface area contributed by atoms with Gasteiger partial charge in [0.2, 0.25) is 0 Å². The Hall–Kier alpha value is -0.790. The van der Waals surface area contributed by atoms with Crippen LogP contribution in [0.15, 0.2) is 11.6 Å². The molecule has 0 unspecified atom stereocenters. The molecule has 0 heterocycles. The Balaban J connectivity index is 3.69. The Morgan fingerprint density at radius 1 is 1.55 bits per heavy atom. The maximum atomic E-state index is 10.3. The third-order valence-electron chi connectivity index (χ3n) is 1.64. The van der Waals surface area contributed by atoms with Gasteiger partial charge in [0.25, 0.3) is 0 Å². The molecule has 0 rings (SSSR count). The summed E-state index contributed by atoms with van der Waals surface area (Å²) in [6, 6.07) is 0. The topological polar surface area (TPSA) is 37.3 Å². The molecule has 2 nitrogen and oxygen atoms in total. The van der Waals surface area contributed by atoms with Crippen molar-refractivity contribution in [3.05, 3.63) is 11.6 Å². The standard InChI is InChI=1S/C9H16O2/c1-3-5-6-8(4-2)7-9(10)11/h4H,3,5-7H2,1-2H3,(H,10,11)/b8-4-. The van der Waals surface area contributed by atoms with E-state index in [2.05, 4.69) is 6.92 Å². The van der Waals surface area contributed by atoms with Gasteiger partial charge in [-0.25, -0.2) is 0 Å². The molecule has 0 bridgehead atoms. The second kappa shape index (κ2) is 5.96. The Labute approximate surface area is 67.9 Å². The molecule has 0 fully saturated rings. The first-order chi connectivity index (χ1) is 5.20. The predicted molar refractivity (Wildman–Crippen MR) is 45.5 cm³/mol. The summed E-state index contributed by atoms with van der Waals surface area (Å²) in [5.41, 5.74) is 1.04. The molecule has 0 saturated heterocycles. The van der Waals surface area contributed by atoms with Crippen LogP contribution in [0.1, 0.15) is 39.5 Å². The molecule has 0 atom stereocenters. The van der Waals surface area contributed by atoms with Gasteiger partial charge in [0.15, 0.2) is 0 Å². The highest BCUT2D eigenvalue weighted by molar-refractivity contribution is 5.69. The summed E-state index contributed by atoms with van der Waals surface area (Å²) in [6.45, 7) is 4.00. The first-order valence-corrected chi connectivity index (χ1v) is 4.06. The number of carboxylic acids is 1. The highest BCUT2D eigenvalue weighted by Crippen LogP contribution is 2.10. The minimum Gasteiger partial charge on any atom is -0.481 e. The summed E-state index contributed by atoms with van der Waals surface area (Å²) in [4.78, 5) is 10.3. The predicted octanol–water partition coefficient (Wildman–Crippen LogP) is 2.60. The SMILES string of the molecule is C/C=C(/CCCC)CC(=O)O. The molecule has 0 aromatic rings. The fraction of sp³-hybridized carbons (Fsp3) is 0.667. The second-order valence-electron chi connectivity index (χ2n) is 2.62. The molecular formula is C9H16O2. The molecule has 0 radical (unpaired) electrons. The first kappa shape index (κ1) is 10.2. The van der Waals surface area contributed by atoms with Crippen molar-refractivity contribution in [2.45, 2.75) is 39.5 Å². The van der Waals surface area contributed by atoms with Crippen LogP contribution in [-0.2, 0) is 4.79 Å². The molecule has 0 aliphatic rings. The number of hydrogen-bond donors (Lipinski definition) is 1. The Morgan fingerprint density at radius 2 is 2.18 bits per heavy atom. The molecule has 2 heteroatoms. The first-order valence-electron chi connectivity index (χ1n) is 4.06. The van der Waals surface area contributed by atoms with Crippen LogP contribution in [0, 0.1) is 0 Å². The fourth-order valence-electron chi connectivity index (χ4n) is 0.933. The lowest BCUT2D eigenvalue weighted by Crippen LogP contribution is -1.97. The van der Waals surface area contributed by atoms with Crippen molar-refractivity contribution < 1.29 is 9.90 Å². The van der Waals surface area contributed by atoms with Gasteiger partial charge in [0.05, 0.1) is 6.42 Å². The lowest BCUT2D eigenvalue weighted by atomic mass is 10.1. The van der Waals surface area contributed by atoms with Crippen molar-refractivity contribution >= 4 is 5.97 Å². The summed E-state index contributed by atoms with van der Waals surface area (Å²) in [5.74, 6) is -0.728. The normalized spacial score (nSPS) is 11.6. The van der Waals surface area contributed by atoms with Crippen molar-refractivity contribution in [2.24, 2.45) is 0 Å². The molecule has 0 amide bonds. The van der Waals surface area contributed by atoms with Crippen LogP contribution in [0.25, 0.3) is 0 Å². The highest BCUT2D eigenvalue weighted by Gasteiger charge is 2.01. The monoisotopic (exact) mass is 156 g/mol. The van der Waals surface area contributed by atoms with Crippen molar-refractivity contribution in [2.75, 3.05) is 0 Å². The number of carboxylic acid groups (broad SMARTS) is 1. The Morgan fingerprint density at radius 3 is 2.55 bits per heavy atom. The lowest BCUT2D eigenvalue weighted by molar-refractivity contribution is -0.136. The molecule has 0 spiro atoms. The zero-order chi connectivity index (χ0) is 8.69.